The monoisotopic (exact) mass is 200 g/mol. The summed E-state index contributed by atoms with van der Waals surface area (Å²) in [6, 6.07) is 0. The van der Waals surface area contributed by atoms with Crippen LogP contribution in [0.5, 0.6) is 0 Å². The molecule has 78 valence electrons. The number of ether oxygens (including phenoxy) is 3. The minimum Gasteiger partial charge on any atom is -0.435 e. The first-order valence-corrected chi connectivity index (χ1v) is 4.22. The van der Waals surface area contributed by atoms with Crippen molar-refractivity contribution in [3.63, 3.8) is 0 Å². The lowest BCUT2D eigenvalue weighted by molar-refractivity contribution is -0.141. The molecule has 14 heavy (non-hydrogen) atoms. The quantitative estimate of drug-likeness (QED) is 0.508. The Kier molecular flexibility index (Phi) is 3.11. The summed E-state index contributed by atoms with van der Waals surface area (Å²) in [5, 5.41) is 0. The van der Waals surface area contributed by atoms with Crippen LogP contribution < -0.4 is 0 Å². The summed E-state index contributed by atoms with van der Waals surface area (Å²) in [6.45, 7) is 3.43. The van der Waals surface area contributed by atoms with Crippen LogP contribution in [0.4, 0.5) is 4.79 Å². The first kappa shape index (κ1) is 10.6. The lowest BCUT2D eigenvalue weighted by Gasteiger charge is -2.16. The van der Waals surface area contributed by atoms with Crippen molar-refractivity contribution in [2.45, 2.75) is 25.9 Å². The molecule has 0 aromatic carbocycles. The van der Waals surface area contributed by atoms with Crippen molar-refractivity contribution in [2.24, 2.45) is 0 Å². The van der Waals surface area contributed by atoms with Gasteiger partial charge >= 0.3 is 12.1 Å². The molecule has 0 saturated carbocycles. The fourth-order valence-electron chi connectivity index (χ4n) is 1.05. The predicted molar refractivity (Wildman–Crippen MR) is 46.4 cm³/mol. The SMILES string of the molecule is CC=COC(=O)CC1(C)COC(=O)O1. The van der Waals surface area contributed by atoms with Crippen molar-refractivity contribution in [1.29, 1.82) is 0 Å². The zero-order chi connectivity index (χ0) is 10.6. The van der Waals surface area contributed by atoms with Gasteiger partial charge in [0, 0.05) is 0 Å². The number of carbonyl (C=O) groups is 2. The van der Waals surface area contributed by atoms with Gasteiger partial charge in [0.2, 0.25) is 0 Å². The summed E-state index contributed by atoms with van der Waals surface area (Å²) >= 11 is 0. The standard InChI is InChI=1S/C9H12O5/c1-3-4-12-7(10)5-9(2)6-13-8(11)14-9/h3-4H,5-6H2,1-2H3. The van der Waals surface area contributed by atoms with Crippen LogP contribution in [-0.2, 0) is 19.0 Å². The van der Waals surface area contributed by atoms with Crippen molar-refractivity contribution in [2.75, 3.05) is 6.61 Å². The molecule has 5 nitrogen and oxygen atoms in total. The molecule has 1 heterocycles. The Morgan fingerprint density at radius 2 is 2.43 bits per heavy atom. The van der Waals surface area contributed by atoms with E-state index in [1.807, 2.05) is 0 Å². The number of allylic oxidation sites excluding steroid dienone is 1. The summed E-state index contributed by atoms with van der Waals surface area (Å²) in [5.74, 6) is -0.455. The zero-order valence-electron chi connectivity index (χ0n) is 8.11. The first-order chi connectivity index (χ1) is 6.56. The highest BCUT2D eigenvalue weighted by molar-refractivity contribution is 5.73. The van der Waals surface area contributed by atoms with Crippen LogP contribution in [0, 0.1) is 0 Å². The van der Waals surface area contributed by atoms with Gasteiger partial charge in [-0.05, 0) is 13.8 Å². The molecule has 0 aliphatic carbocycles. The molecule has 1 rings (SSSR count). The van der Waals surface area contributed by atoms with Crippen LogP contribution in [0.15, 0.2) is 12.3 Å². The molecule has 0 bridgehead atoms. The summed E-state index contributed by atoms with van der Waals surface area (Å²) in [6.07, 6.45) is 2.12. The molecular weight excluding hydrogens is 188 g/mol. The Bertz CT molecular complexity index is 270. The topological polar surface area (TPSA) is 61.8 Å². The maximum absolute atomic E-state index is 11.1. The van der Waals surface area contributed by atoms with E-state index in [2.05, 4.69) is 9.47 Å². The second-order valence-electron chi connectivity index (χ2n) is 3.23. The maximum Gasteiger partial charge on any atom is 0.509 e. The Morgan fingerprint density at radius 1 is 1.71 bits per heavy atom. The number of hydrogen-bond donors (Lipinski definition) is 0. The Morgan fingerprint density at radius 3 is 2.93 bits per heavy atom. The first-order valence-electron chi connectivity index (χ1n) is 4.22. The largest absolute Gasteiger partial charge is 0.509 e. The predicted octanol–water partition coefficient (Wildman–Crippen LogP) is 1.38. The highest BCUT2D eigenvalue weighted by Crippen LogP contribution is 2.23. The van der Waals surface area contributed by atoms with Gasteiger partial charge in [-0.1, -0.05) is 6.08 Å². The Hall–Kier alpha value is -1.52. The molecule has 0 aromatic heterocycles. The lowest BCUT2D eigenvalue weighted by Crippen LogP contribution is -2.31. The number of cyclic esters (lactones) is 2. The van der Waals surface area contributed by atoms with Crippen molar-refractivity contribution >= 4 is 12.1 Å². The highest BCUT2D eigenvalue weighted by atomic mass is 16.8. The minimum atomic E-state index is -0.893. The number of hydrogen-bond acceptors (Lipinski definition) is 5. The van der Waals surface area contributed by atoms with Gasteiger partial charge in [0.05, 0.1) is 12.7 Å². The average molecular weight is 200 g/mol. The second-order valence-corrected chi connectivity index (χ2v) is 3.23. The van der Waals surface area contributed by atoms with Crippen molar-refractivity contribution in [1.82, 2.24) is 0 Å². The second kappa shape index (κ2) is 4.13. The van der Waals surface area contributed by atoms with Crippen LogP contribution in [0.3, 0.4) is 0 Å². The van der Waals surface area contributed by atoms with Crippen LogP contribution in [0.2, 0.25) is 0 Å². The summed E-state index contributed by atoms with van der Waals surface area (Å²) < 4.78 is 14.1. The van der Waals surface area contributed by atoms with Crippen molar-refractivity contribution < 1.29 is 23.8 Å². The van der Waals surface area contributed by atoms with Gasteiger partial charge in [-0.25, -0.2) is 4.79 Å². The molecule has 0 N–H and O–H groups in total. The molecule has 0 amide bonds. The van der Waals surface area contributed by atoms with Gasteiger partial charge in [-0.15, -0.1) is 0 Å². The van der Waals surface area contributed by atoms with E-state index in [4.69, 9.17) is 4.74 Å². The van der Waals surface area contributed by atoms with Crippen molar-refractivity contribution in [3.05, 3.63) is 12.3 Å². The smallest absolute Gasteiger partial charge is 0.435 e. The Balaban J connectivity index is 2.43. The Labute approximate surface area is 81.6 Å². The molecule has 0 radical (unpaired) electrons. The van der Waals surface area contributed by atoms with E-state index in [0.29, 0.717) is 0 Å². The number of esters is 1. The van der Waals surface area contributed by atoms with Crippen molar-refractivity contribution in [3.8, 4) is 0 Å². The van der Waals surface area contributed by atoms with E-state index in [1.54, 1.807) is 19.9 Å². The molecule has 0 aromatic rings. The van der Waals surface area contributed by atoms with Gasteiger partial charge < -0.3 is 14.2 Å². The summed E-state index contributed by atoms with van der Waals surface area (Å²) in [7, 11) is 0. The minimum absolute atomic E-state index is 0.0108. The molecule has 1 fully saturated rings. The third-order valence-electron chi connectivity index (χ3n) is 1.68. The number of rotatable bonds is 3. The van der Waals surface area contributed by atoms with Gasteiger partial charge in [-0.2, -0.15) is 0 Å². The van der Waals surface area contributed by atoms with Gasteiger partial charge in [0.25, 0.3) is 0 Å². The fourth-order valence-corrected chi connectivity index (χ4v) is 1.05. The van der Waals surface area contributed by atoms with Crippen LogP contribution in [-0.4, -0.2) is 24.3 Å². The molecule has 1 unspecified atom stereocenters. The summed E-state index contributed by atoms with van der Waals surface area (Å²) in [4.78, 5) is 21.8. The molecule has 1 atom stereocenters. The van der Waals surface area contributed by atoms with Crippen LogP contribution >= 0.6 is 0 Å². The lowest BCUT2D eigenvalue weighted by atomic mass is 10.0. The van der Waals surface area contributed by atoms with Crippen LogP contribution in [0.25, 0.3) is 0 Å². The molecule has 1 aliphatic rings. The van der Waals surface area contributed by atoms with Crippen LogP contribution in [0.1, 0.15) is 20.3 Å². The van der Waals surface area contributed by atoms with Gasteiger partial charge in [-0.3, -0.25) is 4.79 Å². The molecule has 0 spiro atoms. The third kappa shape index (κ3) is 2.76. The molecule has 1 saturated heterocycles. The molecule has 5 heteroatoms. The number of carbonyl (C=O) groups excluding carboxylic acids is 2. The molecule has 1 aliphatic heterocycles. The average Bonchev–Trinajstić information content (AvgIpc) is 2.42. The van der Waals surface area contributed by atoms with Gasteiger partial charge in [0.15, 0.2) is 5.60 Å². The van der Waals surface area contributed by atoms with E-state index in [1.165, 1.54) is 6.26 Å². The van der Waals surface area contributed by atoms with E-state index < -0.39 is 17.7 Å². The fraction of sp³-hybridized carbons (Fsp3) is 0.556. The van der Waals surface area contributed by atoms with E-state index in [0.717, 1.165) is 0 Å². The molecular formula is C9H12O5. The zero-order valence-corrected chi connectivity index (χ0v) is 8.11. The summed E-state index contributed by atoms with van der Waals surface area (Å²) in [5.41, 5.74) is -0.893. The van der Waals surface area contributed by atoms with Gasteiger partial charge in [0.1, 0.15) is 6.61 Å². The van der Waals surface area contributed by atoms with E-state index in [9.17, 15) is 9.59 Å². The normalized spacial score (nSPS) is 26.0. The van der Waals surface area contributed by atoms with E-state index in [-0.39, 0.29) is 13.0 Å². The third-order valence-corrected chi connectivity index (χ3v) is 1.68. The maximum atomic E-state index is 11.1. The highest BCUT2D eigenvalue weighted by Gasteiger charge is 2.40. The van der Waals surface area contributed by atoms with E-state index >= 15 is 0 Å².